The number of hydrogen-bond donors (Lipinski definition) is 0. The first kappa shape index (κ1) is 11.5. The van der Waals surface area contributed by atoms with Crippen molar-refractivity contribution < 1.29 is 4.52 Å². The van der Waals surface area contributed by atoms with E-state index < -0.39 is 0 Å². The fourth-order valence-corrected chi connectivity index (χ4v) is 2.00. The molecule has 3 rings (SSSR count). The third-order valence-corrected chi connectivity index (χ3v) is 3.02. The topological polar surface area (TPSA) is 57.1 Å². The van der Waals surface area contributed by atoms with Crippen LogP contribution in [0.1, 0.15) is 5.56 Å². The maximum absolute atomic E-state index is 12.2. The van der Waals surface area contributed by atoms with Crippen LogP contribution in [0, 0.1) is 0 Å². The van der Waals surface area contributed by atoms with Gasteiger partial charge in [-0.05, 0) is 5.56 Å². The van der Waals surface area contributed by atoms with Crippen LogP contribution in [0.2, 0.25) is 0 Å². The average molecular weight is 256 g/mol. The molecule has 0 aliphatic heterocycles. The highest BCUT2D eigenvalue weighted by atomic mass is 16.5. The van der Waals surface area contributed by atoms with Crippen LogP contribution in [0.25, 0.3) is 11.0 Å². The highest BCUT2D eigenvalue weighted by molar-refractivity contribution is 5.74. The number of pyridine rings is 1. The Labute approximate surface area is 108 Å². The molecule has 0 saturated carbocycles. The lowest BCUT2D eigenvalue weighted by molar-refractivity contribution is 0.301. The van der Waals surface area contributed by atoms with E-state index in [4.69, 9.17) is 4.52 Å². The van der Waals surface area contributed by atoms with Gasteiger partial charge in [0.05, 0.1) is 6.54 Å². The Kier molecular flexibility index (Phi) is 2.59. The molecule has 0 saturated heterocycles. The molecule has 0 fully saturated rings. The number of aromatic nitrogens is 2. The first-order chi connectivity index (χ1) is 9.15. The van der Waals surface area contributed by atoms with Crippen molar-refractivity contribution in [3.8, 4) is 0 Å². The monoisotopic (exact) mass is 256 g/mol. The van der Waals surface area contributed by atoms with Crippen LogP contribution in [0.4, 0.5) is 0 Å². The molecule has 0 spiro atoms. The molecule has 0 radical (unpaired) electrons. The fourth-order valence-electron chi connectivity index (χ4n) is 2.00. The van der Waals surface area contributed by atoms with Crippen molar-refractivity contribution >= 4 is 11.0 Å². The SMILES string of the molecule is Cn1cc2c(=O)n(Cc3ccccc3)oc2cc1=O. The van der Waals surface area contributed by atoms with Crippen LogP contribution in [-0.2, 0) is 13.6 Å². The molecule has 5 nitrogen and oxygen atoms in total. The van der Waals surface area contributed by atoms with Gasteiger partial charge >= 0.3 is 0 Å². The van der Waals surface area contributed by atoms with E-state index in [-0.39, 0.29) is 11.1 Å². The number of aryl methyl sites for hydroxylation is 1. The summed E-state index contributed by atoms with van der Waals surface area (Å²) in [7, 11) is 1.61. The summed E-state index contributed by atoms with van der Waals surface area (Å²) in [6.07, 6.45) is 1.50. The molecule has 19 heavy (non-hydrogen) atoms. The smallest absolute Gasteiger partial charge is 0.292 e. The quantitative estimate of drug-likeness (QED) is 0.695. The van der Waals surface area contributed by atoms with E-state index in [1.165, 1.54) is 21.6 Å². The fraction of sp³-hybridized carbons (Fsp3) is 0.143. The summed E-state index contributed by atoms with van der Waals surface area (Å²) in [5.74, 6) is 0. The first-order valence-corrected chi connectivity index (χ1v) is 5.89. The molecule has 5 heteroatoms. The van der Waals surface area contributed by atoms with Gasteiger partial charge in [-0.2, -0.15) is 4.74 Å². The molecule has 1 aromatic carbocycles. The van der Waals surface area contributed by atoms with E-state index >= 15 is 0 Å². The molecule has 96 valence electrons. The predicted octanol–water partition coefficient (Wildman–Crippen LogP) is 1.34. The first-order valence-electron chi connectivity index (χ1n) is 5.89. The van der Waals surface area contributed by atoms with Gasteiger partial charge in [-0.25, -0.2) is 0 Å². The molecule has 0 amide bonds. The zero-order valence-corrected chi connectivity index (χ0v) is 10.4. The normalized spacial score (nSPS) is 11.0. The van der Waals surface area contributed by atoms with Crippen molar-refractivity contribution in [3.05, 3.63) is 68.9 Å². The lowest BCUT2D eigenvalue weighted by Gasteiger charge is -1.98. The molecule has 0 atom stereocenters. The van der Waals surface area contributed by atoms with E-state index in [0.717, 1.165) is 5.56 Å². The second-order valence-corrected chi connectivity index (χ2v) is 4.42. The van der Waals surface area contributed by atoms with E-state index in [1.54, 1.807) is 7.05 Å². The van der Waals surface area contributed by atoms with Gasteiger partial charge in [0, 0.05) is 19.3 Å². The summed E-state index contributed by atoms with van der Waals surface area (Å²) in [4.78, 5) is 23.7. The number of hydrogen-bond acceptors (Lipinski definition) is 3. The minimum atomic E-state index is -0.227. The zero-order valence-electron chi connectivity index (χ0n) is 10.4. The Morgan fingerprint density at radius 3 is 2.63 bits per heavy atom. The number of nitrogens with zero attached hydrogens (tertiary/aromatic N) is 2. The van der Waals surface area contributed by atoms with Crippen LogP contribution >= 0.6 is 0 Å². The lowest BCUT2D eigenvalue weighted by Crippen LogP contribution is -2.17. The van der Waals surface area contributed by atoms with Crippen molar-refractivity contribution in [3.63, 3.8) is 0 Å². The number of benzene rings is 1. The average Bonchev–Trinajstić information content (AvgIpc) is 2.69. The Morgan fingerprint density at radius 2 is 1.89 bits per heavy atom. The van der Waals surface area contributed by atoms with Crippen LogP contribution in [0.3, 0.4) is 0 Å². The van der Waals surface area contributed by atoms with Crippen molar-refractivity contribution in [2.24, 2.45) is 7.05 Å². The second-order valence-electron chi connectivity index (χ2n) is 4.42. The molecular weight excluding hydrogens is 244 g/mol. The summed E-state index contributed by atoms with van der Waals surface area (Å²) in [5, 5.41) is 0.415. The molecule has 0 aliphatic rings. The van der Waals surface area contributed by atoms with Crippen molar-refractivity contribution in [1.29, 1.82) is 0 Å². The molecule has 0 N–H and O–H groups in total. The Morgan fingerprint density at radius 1 is 1.16 bits per heavy atom. The lowest BCUT2D eigenvalue weighted by atomic mass is 10.2. The zero-order chi connectivity index (χ0) is 13.4. The highest BCUT2D eigenvalue weighted by Crippen LogP contribution is 2.09. The largest absolute Gasteiger partial charge is 0.375 e. The summed E-state index contributed by atoms with van der Waals surface area (Å²) in [5.41, 5.74) is 0.863. The highest BCUT2D eigenvalue weighted by Gasteiger charge is 2.11. The van der Waals surface area contributed by atoms with Crippen molar-refractivity contribution in [2.45, 2.75) is 6.54 Å². The van der Waals surface area contributed by atoms with Crippen LogP contribution in [0.15, 0.2) is 56.7 Å². The van der Waals surface area contributed by atoms with Crippen molar-refractivity contribution in [1.82, 2.24) is 9.31 Å². The minimum Gasteiger partial charge on any atom is -0.375 e. The number of fused-ring (bicyclic) bond motifs is 1. The van der Waals surface area contributed by atoms with E-state index in [9.17, 15) is 9.59 Å². The van der Waals surface area contributed by atoms with E-state index in [1.807, 2.05) is 30.3 Å². The number of rotatable bonds is 2. The molecule has 0 unspecified atom stereocenters. The van der Waals surface area contributed by atoms with E-state index in [2.05, 4.69) is 0 Å². The molecule has 0 aliphatic carbocycles. The summed E-state index contributed by atoms with van der Waals surface area (Å²) in [6.45, 7) is 0.353. The van der Waals surface area contributed by atoms with Gasteiger partial charge in [0.25, 0.3) is 11.1 Å². The van der Waals surface area contributed by atoms with Gasteiger partial charge in [0.1, 0.15) is 5.39 Å². The predicted molar refractivity (Wildman–Crippen MR) is 71.3 cm³/mol. The Balaban J connectivity index is 2.13. The third kappa shape index (κ3) is 1.99. The molecule has 0 bridgehead atoms. The maximum atomic E-state index is 12.2. The summed E-state index contributed by atoms with van der Waals surface area (Å²) < 4.78 is 8.06. The Hall–Kier alpha value is -2.56. The minimum absolute atomic E-state index is 0.201. The third-order valence-electron chi connectivity index (χ3n) is 3.02. The van der Waals surface area contributed by atoms with Gasteiger partial charge in [-0.1, -0.05) is 30.3 Å². The van der Waals surface area contributed by atoms with Gasteiger partial charge < -0.3 is 9.09 Å². The molecular formula is C14H12N2O3. The van der Waals surface area contributed by atoms with Gasteiger partial charge in [-0.15, -0.1) is 0 Å². The van der Waals surface area contributed by atoms with Gasteiger partial charge in [0.15, 0.2) is 5.58 Å². The molecule has 2 aromatic heterocycles. The Bertz CT molecular complexity index is 840. The standard InChI is InChI=1S/C14H12N2O3/c1-15-9-11-12(7-13(15)17)19-16(14(11)18)8-10-5-3-2-4-6-10/h2-7,9H,8H2,1H3. The van der Waals surface area contributed by atoms with Gasteiger partial charge in [0.2, 0.25) is 0 Å². The van der Waals surface area contributed by atoms with Crippen LogP contribution < -0.4 is 11.1 Å². The van der Waals surface area contributed by atoms with Crippen molar-refractivity contribution in [2.75, 3.05) is 0 Å². The van der Waals surface area contributed by atoms with Crippen LogP contribution in [-0.4, -0.2) is 9.31 Å². The summed E-state index contributed by atoms with van der Waals surface area (Å²) in [6, 6.07) is 10.9. The van der Waals surface area contributed by atoms with Crippen LogP contribution in [0.5, 0.6) is 0 Å². The maximum Gasteiger partial charge on any atom is 0.292 e. The second kappa shape index (κ2) is 4.28. The molecule has 3 aromatic rings. The summed E-state index contributed by atoms with van der Waals surface area (Å²) >= 11 is 0. The van der Waals surface area contributed by atoms with E-state index in [0.29, 0.717) is 17.5 Å². The van der Waals surface area contributed by atoms with Gasteiger partial charge in [-0.3, -0.25) is 9.59 Å². The molecule has 2 heterocycles.